The van der Waals surface area contributed by atoms with E-state index in [1.807, 2.05) is 18.5 Å². The Kier molecular flexibility index (Phi) is 6.03. The molecule has 0 saturated carbocycles. The maximum atomic E-state index is 12.1. The van der Waals surface area contributed by atoms with Crippen LogP contribution in [0.25, 0.3) is 0 Å². The third-order valence-corrected chi connectivity index (χ3v) is 4.33. The highest BCUT2D eigenvalue weighted by Crippen LogP contribution is 2.13. The van der Waals surface area contributed by atoms with Crippen LogP contribution in [0.5, 0.6) is 0 Å². The molecule has 1 aromatic rings. The molecule has 5 nitrogen and oxygen atoms in total. The van der Waals surface area contributed by atoms with Crippen LogP contribution in [0.3, 0.4) is 0 Å². The quantitative estimate of drug-likeness (QED) is 0.714. The number of nitrogens with one attached hydrogen (secondary N) is 2. The van der Waals surface area contributed by atoms with Crippen molar-refractivity contribution < 1.29 is 8.42 Å². The fraction of sp³-hybridized carbons (Fsp3) is 0.692. The first kappa shape index (κ1) is 16.2. The molecule has 0 unspecified atom stereocenters. The number of sulfonamides is 1. The predicted octanol–water partition coefficient (Wildman–Crippen LogP) is 1.60. The molecule has 0 fully saturated rings. The Balaban J connectivity index is 2.76. The Bertz CT molecular complexity index is 492. The molecule has 2 N–H and O–H groups in total. The fourth-order valence-corrected chi connectivity index (χ4v) is 2.84. The van der Waals surface area contributed by atoms with Crippen molar-refractivity contribution in [2.45, 2.75) is 51.1 Å². The van der Waals surface area contributed by atoms with Crippen LogP contribution in [-0.4, -0.2) is 25.6 Å². The second-order valence-corrected chi connectivity index (χ2v) is 6.83. The van der Waals surface area contributed by atoms with E-state index in [1.54, 1.807) is 12.3 Å². The molecule has 6 heteroatoms. The van der Waals surface area contributed by atoms with Crippen molar-refractivity contribution in [1.82, 2.24) is 14.6 Å². The summed E-state index contributed by atoms with van der Waals surface area (Å²) in [6.45, 7) is 7.32. The van der Waals surface area contributed by atoms with Crippen molar-refractivity contribution in [2.75, 3.05) is 6.54 Å². The van der Waals surface area contributed by atoms with Gasteiger partial charge in [-0.1, -0.05) is 27.2 Å². The van der Waals surface area contributed by atoms with Gasteiger partial charge in [-0.3, -0.25) is 0 Å². The first-order valence-corrected chi connectivity index (χ1v) is 8.23. The molecule has 0 spiro atoms. The monoisotopic (exact) mass is 287 g/mol. The topological polar surface area (TPSA) is 63.1 Å². The standard InChI is InChI=1S/C13H25N3O2S/c1-5-6-7-15-19(17,18)13-8-12(16(4)10-13)9-14-11(2)3/h8,10-11,14-15H,5-7,9H2,1-4H3. The average Bonchev–Trinajstić information content (AvgIpc) is 2.69. The molecule has 1 heterocycles. The van der Waals surface area contributed by atoms with E-state index in [4.69, 9.17) is 0 Å². The van der Waals surface area contributed by atoms with E-state index >= 15 is 0 Å². The van der Waals surface area contributed by atoms with Gasteiger partial charge in [0.15, 0.2) is 0 Å². The summed E-state index contributed by atoms with van der Waals surface area (Å²) in [6.07, 6.45) is 3.49. The molecule has 0 amide bonds. The molecule has 0 aliphatic heterocycles. The molecule has 110 valence electrons. The summed E-state index contributed by atoms with van der Waals surface area (Å²) in [5.41, 5.74) is 0.963. The van der Waals surface area contributed by atoms with Crippen LogP contribution >= 0.6 is 0 Å². The second kappa shape index (κ2) is 7.07. The smallest absolute Gasteiger partial charge is 0.242 e. The van der Waals surface area contributed by atoms with E-state index in [9.17, 15) is 8.42 Å². The Morgan fingerprint density at radius 1 is 1.37 bits per heavy atom. The molecule has 19 heavy (non-hydrogen) atoms. The SMILES string of the molecule is CCCCNS(=O)(=O)c1cc(CNC(C)C)n(C)c1. The van der Waals surface area contributed by atoms with Gasteiger partial charge in [0, 0.05) is 38.1 Å². The van der Waals surface area contributed by atoms with Gasteiger partial charge < -0.3 is 9.88 Å². The summed E-state index contributed by atoms with van der Waals surface area (Å²) in [6, 6.07) is 2.10. The van der Waals surface area contributed by atoms with Gasteiger partial charge in [-0.25, -0.2) is 13.1 Å². The van der Waals surface area contributed by atoms with E-state index in [2.05, 4.69) is 23.9 Å². The van der Waals surface area contributed by atoms with Crippen LogP contribution in [0.4, 0.5) is 0 Å². The lowest BCUT2D eigenvalue weighted by molar-refractivity contribution is 0.571. The third kappa shape index (κ3) is 4.97. The second-order valence-electron chi connectivity index (χ2n) is 5.06. The summed E-state index contributed by atoms with van der Waals surface area (Å²) in [5.74, 6) is 0. The molecule has 0 radical (unpaired) electrons. The first-order chi connectivity index (χ1) is 8.86. The lowest BCUT2D eigenvalue weighted by Crippen LogP contribution is -2.24. The largest absolute Gasteiger partial charge is 0.352 e. The van der Waals surface area contributed by atoms with Crippen LogP contribution in [-0.2, 0) is 23.6 Å². The molecule has 0 bridgehead atoms. The zero-order valence-corrected chi connectivity index (χ0v) is 13.0. The summed E-state index contributed by atoms with van der Waals surface area (Å²) >= 11 is 0. The minimum Gasteiger partial charge on any atom is -0.352 e. The number of aromatic nitrogens is 1. The Morgan fingerprint density at radius 3 is 2.63 bits per heavy atom. The van der Waals surface area contributed by atoms with Crippen molar-refractivity contribution in [1.29, 1.82) is 0 Å². The van der Waals surface area contributed by atoms with Gasteiger partial charge in [0.1, 0.15) is 0 Å². The van der Waals surface area contributed by atoms with Gasteiger partial charge in [0.05, 0.1) is 4.90 Å². The number of hydrogen-bond donors (Lipinski definition) is 2. The molecular weight excluding hydrogens is 262 g/mol. The van der Waals surface area contributed by atoms with Crippen LogP contribution in [0.2, 0.25) is 0 Å². The highest BCUT2D eigenvalue weighted by molar-refractivity contribution is 7.89. The zero-order valence-electron chi connectivity index (χ0n) is 12.2. The lowest BCUT2D eigenvalue weighted by atomic mass is 10.3. The van der Waals surface area contributed by atoms with Gasteiger partial charge in [-0.2, -0.15) is 0 Å². The van der Waals surface area contributed by atoms with Gasteiger partial charge in [-0.05, 0) is 12.5 Å². The highest BCUT2D eigenvalue weighted by atomic mass is 32.2. The number of unbranched alkanes of at least 4 members (excludes halogenated alkanes) is 1. The minimum absolute atomic E-state index is 0.339. The van der Waals surface area contributed by atoms with Crippen molar-refractivity contribution in [2.24, 2.45) is 7.05 Å². The summed E-state index contributed by atoms with van der Waals surface area (Å²) in [5, 5.41) is 3.28. The first-order valence-electron chi connectivity index (χ1n) is 6.75. The molecular formula is C13H25N3O2S. The molecule has 0 aliphatic carbocycles. The molecule has 0 aromatic carbocycles. The van der Waals surface area contributed by atoms with Gasteiger partial charge in [0.2, 0.25) is 10.0 Å². The lowest BCUT2D eigenvalue weighted by Gasteiger charge is -2.08. The van der Waals surface area contributed by atoms with E-state index in [-0.39, 0.29) is 0 Å². The maximum Gasteiger partial charge on any atom is 0.242 e. The van der Waals surface area contributed by atoms with Crippen LogP contribution in [0, 0.1) is 0 Å². The zero-order chi connectivity index (χ0) is 14.5. The molecule has 0 aliphatic rings. The number of aryl methyl sites for hydroxylation is 1. The maximum absolute atomic E-state index is 12.1. The summed E-state index contributed by atoms with van der Waals surface area (Å²) in [7, 11) is -1.51. The normalized spacial score (nSPS) is 12.3. The van der Waals surface area contributed by atoms with Gasteiger partial charge in [0.25, 0.3) is 0 Å². The Labute approximate surface area is 116 Å². The van der Waals surface area contributed by atoms with Crippen molar-refractivity contribution in [3.05, 3.63) is 18.0 Å². The highest BCUT2D eigenvalue weighted by Gasteiger charge is 2.16. The van der Waals surface area contributed by atoms with Gasteiger partial charge in [-0.15, -0.1) is 0 Å². The predicted molar refractivity (Wildman–Crippen MR) is 77.5 cm³/mol. The number of rotatable bonds is 8. The summed E-state index contributed by atoms with van der Waals surface area (Å²) < 4.78 is 28.6. The third-order valence-electron chi connectivity index (χ3n) is 2.91. The number of nitrogens with zero attached hydrogens (tertiary/aromatic N) is 1. The van der Waals surface area contributed by atoms with E-state index in [1.165, 1.54) is 0 Å². The fourth-order valence-electron chi connectivity index (χ4n) is 1.68. The van der Waals surface area contributed by atoms with Gasteiger partial charge >= 0.3 is 0 Å². The van der Waals surface area contributed by atoms with Crippen molar-refractivity contribution in [3.63, 3.8) is 0 Å². The van der Waals surface area contributed by atoms with Crippen molar-refractivity contribution >= 4 is 10.0 Å². The summed E-state index contributed by atoms with van der Waals surface area (Å²) in [4.78, 5) is 0.339. The van der Waals surface area contributed by atoms with E-state index in [0.717, 1.165) is 18.5 Å². The molecule has 0 atom stereocenters. The number of hydrogen-bond acceptors (Lipinski definition) is 3. The minimum atomic E-state index is -3.37. The van der Waals surface area contributed by atoms with E-state index in [0.29, 0.717) is 24.0 Å². The molecule has 0 saturated heterocycles. The average molecular weight is 287 g/mol. The molecule has 1 aromatic heterocycles. The van der Waals surface area contributed by atoms with E-state index < -0.39 is 10.0 Å². The Hall–Kier alpha value is -0.850. The van der Waals surface area contributed by atoms with Crippen LogP contribution < -0.4 is 10.0 Å². The van der Waals surface area contributed by atoms with Crippen molar-refractivity contribution in [3.8, 4) is 0 Å². The molecule has 1 rings (SSSR count). The van der Waals surface area contributed by atoms with Crippen LogP contribution in [0.1, 0.15) is 39.3 Å². The Morgan fingerprint density at radius 2 is 2.05 bits per heavy atom. The van der Waals surface area contributed by atoms with Crippen LogP contribution in [0.15, 0.2) is 17.2 Å².